The van der Waals surface area contributed by atoms with E-state index in [0.29, 0.717) is 5.82 Å². The third kappa shape index (κ3) is 3.05. The maximum atomic E-state index is 12.0. The van der Waals surface area contributed by atoms with Gasteiger partial charge in [0, 0.05) is 5.69 Å². The third-order valence-electron chi connectivity index (χ3n) is 2.65. The maximum Gasteiger partial charge on any atom is 0.275 e. The SMILES string of the molecule is Cc1ccc(NC(=O)c2cncc(NN)n2)c(C)c1. The predicted octanol–water partition coefficient (Wildman–Crippen LogP) is 1.63. The second-order valence-corrected chi connectivity index (χ2v) is 4.21. The van der Waals surface area contributed by atoms with Crippen LogP contribution in [0.5, 0.6) is 0 Å². The molecule has 98 valence electrons. The van der Waals surface area contributed by atoms with Crippen molar-refractivity contribution < 1.29 is 4.79 Å². The summed E-state index contributed by atoms with van der Waals surface area (Å²) in [5.74, 6) is 5.25. The molecule has 0 saturated heterocycles. The summed E-state index contributed by atoms with van der Waals surface area (Å²) in [4.78, 5) is 19.9. The molecule has 0 radical (unpaired) electrons. The van der Waals surface area contributed by atoms with E-state index in [2.05, 4.69) is 20.7 Å². The monoisotopic (exact) mass is 257 g/mol. The summed E-state index contributed by atoms with van der Waals surface area (Å²) in [6.45, 7) is 3.94. The summed E-state index contributed by atoms with van der Waals surface area (Å²) >= 11 is 0. The second-order valence-electron chi connectivity index (χ2n) is 4.21. The minimum atomic E-state index is -0.323. The number of carbonyl (C=O) groups is 1. The fourth-order valence-electron chi connectivity index (χ4n) is 1.69. The largest absolute Gasteiger partial charge is 0.320 e. The van der Waals surface area contributed by atoms with Crippen LogP contribution in [0.4, 0.5) is 11.5 Å². The van der Waals surface area contributed by atoms with Crippen LogP contribution in [-0.2, 0) is 0 Å². The van der Waals surface area contributed by atoms with Gasteiger partial charge in [-0.1, -0.05) is 17.7 Å². The lowest BCUT2D eigenvalue weighted by Crippen LogP contribution is -2.17. The molecule has 0 spiro atoms. The smallest absolute Gasteiger partial charge is 0.275 e. The number of hydrazine groups is 1. The number of anilines is 2. The van der Waals surface area contributed by atoms with Gasteiger partial charge in [0.05, 0.1) is 12.4 Å². The molecular formula is C13H15N5O. The Kier molecular flexibility index (Phi) is 3.72. The molecule has 1 aromatic carbocycles. The van der Waals surface area contributed by atoms with E-state index in [1.165, 1.54) is 12.4 Å². The van der Waals surface area contributed by atoms with Crippen molar-refractivity contribution in [2.75, 3.05) is 10.7 Å². The lowest BCUT2D eigenvalue weighted by molar-refractivity contribution is 0.102. The molecule has 6 heteroatoms. The maximum absolute atomic E-state index is 12.0. The number of hydrogen-bond acceptors (Lipinski definition) is 5. The number of aromatic nitrogens is 2. The van der Waals surface area contributed by atoms with E-state index in [9.17, 15) is 4.79 Å². The van der Waals surface area contributed by atoms with Crippen molar-refractivity contribution in [3.05, 3.63) is 47.4 Å². The molecular weight excluding hydrogens is 242 g/mol. The standard InChI is InChI=1S/C13H15N5O/c1-8-3-4-10(9(2)5-8)17-13(19)11-6-15-7-12(16-11)18-14/h3-7H,14H2,1-2H3,(H,16,18)(H,17,19). The highest BCUT2D eigenvalue weighted by Gasteiger charge is 2.10. The van der Waals surface area contributed by atoms with Crippen LogP contribution in [0.2, 0.25) is 0 Å². The molecule has 0 aliphatic heterocycles. The van der Waals surface area contributed by atoms with Crippen molar-refractivity contribution in [3.8, 4) is 0 Å². The second kappa shape index (κ2) is 5.45. The Bertz CT molecular complexity index is 612. The average molecular weight is 257 g/mol. The predicted molar refractivity (Wildman–Crippen MR) is 73.7 cm³/mol. The summed E-state index contributed by atoms with van der Waals surface area (Å²) in [5, 5.41) is 2.79. The minimum Gasteiger partial charge on any atom is -0.320 e. The van der Waals surface area contributed by atoms with E-state index in [-0.39, 0.29) is 11.6 Å². The Morgan fingerprint density at radius 2 is 2.05 bits per heavy atom. The first kappa shape index (κ1) is 13.0. The number of rotatable bonds is 3. The number of nitrogens with one attached hydrogen (secondary N) is 2. The van der Waals surface area contributed by atoms with Crippen molar-refractivity contribution in [2.45, 2.75) is 13.8 Å². The number of aryl methyl sites for hydroxylation is 2. The number of hydrogen-bond donors (Lipinski definition) is 3. The van der Waals surface area contributed by atoms with Gasteiger partial charge in [0.1, 0.15) is 5.69 Å². The first-order chi connectivity index (χ1) is 9.10. The third-order valence-corrected chi connectivity index (χ3v) is 2.65. The molecule has 0 aliphatic rings. The van der Waals surface area contributed by atoms with Gasteiger partial charge in [0.25, 0.3) is 5.91 Å². The normalized spacial score (nSPS) is 10.1. The van der Waals surface area contributed by atoms with Crippen LogP contribution in [-0.4, -0.2) is 15.9 Å². The molecule has 6 nitrogen and oxygen atoms in total. The molecule has 4 N–H and O–H groups in total. The molecule has 1 aromatic heterocycles. The van der Waals surface area contributed by atoms with Crippen LogP contribution in [0.15, 0.2) is 30.6 Å². The van der Waals surface area contributed by atoms with Gasteiger partial charge in [0.15, 0.2) is 5.82 Å². The zero-order chi connectivity index (χ0) is 13.8. The quantitative estimate of drug-likeness (QED) is 0.574. The topological polar surface area (TPSA) is 92.9 Å². The van der Waals surface area contributed by atoms with Crippen molar-refractivity contribution in [1.29, 1.82) is 0 Å². The molecule has 0 aliphatic carbocycles. The summed E-state index contributed by atoms with van der Waals surface area (Å²) in [6.07, 6.45) is 2.83. The first-order valence-electron chi connectivity index (χ1n) is 5.77. The van der Waals surface area contributed by atoms with E-state index < -0.39 is 0 Å². The lowest BCUT2D eigenvalue weighted by atomic mass is 10.1. The molecule has 2 aromatic rings. The Morgan fingerprint density at radius 3 is 2.74 bits per heavy atom. The van der Waals surface area contributed by atoms with Crippen molar-refractivity contribution >= 4 is 17.4 Å². The van der Waals surface area contributed by atoms with Gasteiger partial charge in [-0.25, -0.2) is 10.8 Å². The molecule has 0 fully saturated rings. The van der Waals surface area contributed by atoms with Gasteiger partial charge in [-0.2, -0.15) is 0 Å². The van der Waals surface area contributed by atoms with Crippen LogP contribution < -0.4 is 16.6 Å². The number of nitrogens with zero attached hydrogens (tertiary/aromatic N) is 2. The van der Waals surface area contributed by atoms with E-state index >= 15 is 0 Å². The fourth-order valence-corrected chi connectivity index (χ4v) is 1.69. The Hall–Kier alpha value is -2.47. The highest BCUT2D eigenvalue weighted by atomic mass is 16.1. The van der Waals surface area contributed by atoms with E-state index in [4.69, 9.17) is 5.84 Å². The van der Waals surface area contributed by atoms with Crippen molar-refractivity contribution in [3.63, 3.8) is 0 Å². The van der Waals surface area contributed by atoms with E-state index in [1.54, 1.807) is 0 Å². The van der Waals surface area contributed by atoms with Crippen molar-refractivity contribution in [2.24, 2.45) is 5.84 Å². The van der Waals surface area contributed by atoms with Crippen LogP contribution >= 0.6 is 0 Å². The zero-order valence-corrected chi connectivity index (χ0v) is 10.8. The van der Waals surface area contributed by atoms with Crippen LogP contribution in [0.1, 0.15) is 21.6 Å². The Morgan fingerprint density at radius 1 is 1.26 bits per heavy atom. The van der Waals surface area contributed by atoms with E-state index in [0.717, 1.165) is 16.8 Å². The van der Waals surface area contributed by atoms with Gasteiger partial charge in [-0.15, -0.1) is 0 Å². The number of benzene rings is 1. The highest BCUT2D eigenvalue weighted by molar-refractivity contribution is 6.03. The summed E-state index contributed by atoms with van der Waals surface area (Å²) in [7, 11) is 0. The fraction of sp³-hybridized carbons (Fsp3) is 0.154. The minimum absolute atomic E-state index is 0.204. The van der Waals surface area contributed by atoms with Crippen LogP contribution in [0.3, 0.4) is 0 Å². The molecule has 1 heterocycles. The average Bonchev–Trinajstić information content (AvgIpc) is 2.42. The molecule has 0 bridgehead atoms. The number of nitrogens with two attached hydrogens (primary N) is 1. The van der Waals surface area contributed by atoms with E-state index in [1.807, 2.05) is 32.0 Å². The van der Waals surface area contributed by atoms with Gasteiger partial charge in [-0.05, 0) is 25.5 Å². The van der Waals surface area contributed by atoms with Gasteiger partial charge < -0.3 is 10.7 Å². The molecule has 0 saturated carbocycles. The number of amides is 1. The zero-order valence-electron chi connectivity index (χ0n) is 10.8. The van der Waals surface area contributed by atoms with Gasteiger partial charge in [-0.3, -0.25) is 9.78 Å². The molecule has 0 atom stereocenters. The molecule has 2 rings (SSSR count). The highest BCUT2D eigenvalue weighted by Crippen LogP contribution is 2.16. The number of nitrogen functional groups attached to an aromatic ring is 1. The summed E-state index contributed by atoms with van der Waals surface area (Å²) < 4.78 is 0. The molecule has 0 unspecified atom stereocenters. The van der Waals surface area contributed by atoms with Gasteiger partial charge in [0.2, 0.25) is 0 Å². The Labute approximate surface area is 111 Å². The molecule has 19 heavy (non-hydrogen) atoms. The molecule has 1 amide bonds. The lowest BCUT2D eigenvalue weighted by Gasteiger charge is -2.09. The van der Waals surface area contributed by atoms with Crippen LogP contribution in [0, 0.1) is 13.8 Å². The van der Waals surface area contributed by atoms with Crippen molar-refractivity contribution in [1.82, 2.24) is 9.97 Å². The summed E-state index contributed by atoms with van der Waals surface area (Å²) in [5.41, 5.74) is 5.45. The first-order valence-corrected chi connectivity index (χ1v) is 5.77. The Balaban J connectivity index is 2.20. The van der Waals surface area contributed by atoms with Gasteiger partial charge >= 0.3 is 0 Å². The summed E-state index contributed by atoms with van der Waals surface area (Å²) in [6, 6.07) is 5.80. The van der Waals surface area contributed by atoms with Crippen LogP contribution in [0.25, 0.3) is 0 Å². The number of carbonyl (C=O) groups excluding carboxylic acids is 1.